The van der Waals surface area contributed by atoms with Crippen LogP contribution in [0.1, 0.15) is 19.8 Å². The minimum atomic E-state index is -0.435. The minimum absolute atomic E-state index is 0.0109. The normalized spacial score (nSPS) is 22.7. The highest BCUT2D eigenvalue weighted by atomic mass is 16.6. The number of benzene rings is 1. The molecule has 21 heavy (non-hydrogen) atoms. The Hall–Kier alpha value is -2.15. The molecule has 2 aromatic rings. The fraction of sp³-hybridized carbons (Fsp3) is 0.500. The van der Waals surface area contributed by atoms with E-state index >= 15 is 0 Å². The van der Waals surface area contributed by atoms with Crippen LogP contribution in [0.2, 0.25) is 0 Å². The molecule has 2 N–H and O–H groups in total. The molecular weight excluding hydrogens is 272 g/mol. The Bertz CT molecular complexity index is 669. The monoisotopic (exact) mass is 290 g/mol. The highest BCUT2D eigenvalue weighted by Gasteiger charge is 2.28. The number of piperidine rings is 1. The molecule has 1 aromatic carbocycles. The van der Waals surface area contributed by atoms with Gasteiger partial charge in [0.2, 0.25) is 0 Å². The molecule has 0 saturated carbocycles. The molecule has 3 rings (SSSR count). The van der Waals surface area contributed by atoms with Crippen molar-refractivity contribution in [3.63, 3.8) is 0 Å². The molecule has 1 fully saturated rings. The molecule has 1 aliphatic rings. The van der Waals surface area contributed by atoms with Crippen LogP contribution in [0.4, 0.5) is 11.7 Å². The van der Waals surface area contributed by atoms with Gasteiger partial charge in [0.15, 0.2) is 5.58 Å². The first kappa shape index (κ1) is 13.8. The van der Waals surface area contributed by atoms with Gasteiger partial charge in [-0.25, -0.2) is 0 Å². The van der Waals surface area contributed by atoms with Crippen molar-refractivity contribution < 1.29 is 9.34 Å². The summed E-state index contributed by atoms with van der Waals surface area (Å²) in [5.74, 6) is 0.436. The molecule has 0 spiro atoms. The number of nitrogens with zero attached hydrogens (tertiary/aromatic N) is 3. The number of oxazole rings is 1. The first-order chi connectivity index (χ1) is 10.1. The fourth-order valence-electron chi connectivity index (χ4n) is 2.78. The van der Waals surface area contributed by atoms with Crippen molar-refractivity contribution in [3.8, 4) is 0 Å². The summed E-state index contributed by atoms with van der Waals surface area (Å²) in [5, 5.41) is 10.8. The Morgan fingerprint density at radius 2 is 2.33 bits per heavy atom. The smallest absolute Gasteiger partial charge is 0.298 e. The van der Waals surface area contributed by atoms with Crippen LogP contribution in [-0.2, 0) is 0 Å². The van der Waals surface area contributed by atoms with Crippen molar-refractivity contribution in [2.45, 2.75) is 25.8 Å². The van der Waals surface area contributed by atoms with Crippen molar-refractivity contribution in [1.29, 1.82) is 0 Å². The topological polar surface area (TPSA) is 98.4 Å². The summed E-state index contributed by atoms with van der Waals surface area (Å²) in [4.78, 5) is 16.9. The molecule has 1 aliphatic heterocycles. The van der Waals surface area contributed by atoms with Gasteiger partial charge >= 0.3 is 0 Å². The van der Waals surface area contributed by atoms with Gasteiger partial charge in [0.05, 0.1) is 11.0 Å². The first-order valence-electron chi connectivity index (χ1n) is 7.10. The van der Waals surface area contributed by atoms with E-state index in [1.165, 1.54) is 12.1 Å². The maximum atomic E-state index is 10.8. The number of nitro benzene ring substituents is 1. The number of nitro groups is 1. The number of aromatic nitrogens is 1. The fourth-order valence-corrected chi connectivity index (χ4v) is 2.78. The molecular formula is C14H18N4O3. The van der Waals surface area contributed by atoms with E-state index in [4.69, 9.17) is 10.2 Å². The zero-order valence-electron chi connectivity index (χ0n) is 11.9. The molecule has 0 radical (unpaired) electrons. The van der Waals surface area contributed by atoms with E-state index in [-0.39, 0.29) is 5.69 Å². The maximum Gasteiger partial charge on any atom is 0.298 e. The molecule has 2 heterocycles. The lowest BCUT2D eigenvalue weighted by Crippen LogP contribution is -2.44. The molecule has 7 heteroatoms. The number of nitrogens with two attached hydrogens (primary N) is 1. The lowest BCUT2D eigenvalue weighted by Gasteiger charge is -2.36. The van der Waals surface area contributed by atoms with Gasteiger partial charge in [-0.15, -0.1) is 0 Å². The molecule has 1 aromatic heterocycles. The SMILES string of the molecule is CC1CCC(CN)CN1c1nc2ccc([N+](=O)[O-])cc2o1. The molecule has 0 amide bonds. The third-order valence-corrected chi connectivity index (χ3v) is 4.13. The third-order valence-electron chi connectivity index (χ3n) is 4.13. The first-order valence-corrected chi connectivity index (χ1v) is 7.10. The lowest BCUT2D eigenvalue weighted by molar-refractivity contribution is -0.384. The van der Waals surface area contributed by atoms with Crippen LogP contribution in [0.3, 0.4) is 0 Å². The zero-order chi connectivity index (χ0) is 15.0. The predicted octanol–water partition coefficient (Wildman–Crippen LogP) is 2.30. The van der Waals surface area contributed by atoms with Gasteiger partial charge in [0.25, 0.3) is 11.7 Å². The molecule has 2 unspecified atom stereocenters. The summed E-state index contributed by atoms with van der Waals surface area (Å²) >= 11 is 0. The van der Waals surface area contributed by atoms with Gasteiger partial charge in [-0.2, -0.15) is 4.98 Å². The predicted molar refractivity (Wildman–Crippen MR) is 79.2 cm³/mol. The van der Waals surface area contributed by atoms with Crippen LogP contribution < -0.4 is 10.6 Å². The van der Waals surface area contributed by atoms with Crippen molar-refractivity contribution in [2.24, 2.45) is 11.7 Å². The van der Waals surface area contributed by atoms with Gasteiger partial charge in [-0.05, 0) is 38.3 Å². The summed E-state index contributed by atoms with van der Waals surface area (Å²) in [7, 11) is 0. The second-order valence-electron chi connectivity index (χ2n) is 5.59. The number of rotatable bonds is 3. The van der Waals surface area contributed by atoms with Crippen LogP contribution in [0.15, 0.2) is 22.6 Å². The quantitative estimate of drug-likeness (QED) is 0.688. The number of fused-ring (bicyclic) bond motifs is 1. The minimum Gasteiger partial charge on any atom is -0.423 e. The van der Waals surface area contributed by atoms with Crippen LogP contribution in [0.5, 0.6) is 0 Å². The van der Waals surface area contributed by atoms with Crippen LogP contribution in [-0.4, -0.2) is 29.0 Å². The molecule has 112 valence electrons. The van der Waals surface area contributed by atoms with Gasteiger partial charge in [-0.3, -0.25) is 10.1 Å². The van der Waals surface area contributed by atoms with Crippen molar-refractivity contribution in [3.05, 3.63) is 28.3 Å². The zero-order valence-corrected chi connectivity index (χ0v) is 11.9. The summed E-state index contributed by atoms with van der Waals surface area (Å²) in [5.41, 5.74) is 6.86. The highest BCUT2D eigenvalue weighted by Crippen LogP contribution is 2.30. The Balaban J connectivity index is 1.94. The van der Waals surface area contributed by atoms with Gasteiger partial charge in [0.1, 0.15) is 5.52 Å². The molecule has 7 nitrogen and oxygen atoms in total. The number of non-ortho nitro benzene ring substituents is 1. The van der Waals surface area contributed by atoms with Crippen molar-refractivity contribution >= 4 is 22.8 Å². The van der Waals surface area contributed by atoms with Crippen LogP contribution in [0.25, 0.3) is 11.1 Å². The molecule has 0 bridgehead atoms. The summed E-state index contributed by atoms with van der Waals surface area (Å²) in [6.45, 7) is 3.59. The second-order valence-corrected chi connectivity index (χ2v) is 5.59. The summed E-state index contributed by atoms with van der Waals surface area (Å²) < 4.78 is 5.73. The molecule has 1 saturated heterocycles. The van der Waals surface area contributed by atoms with E-state index in [0.29, 0.717) is 35.6 Å². The summed E-state index contributed by atoms with van der Waals surface area (Å²) in [6, 6.07) is 5.33. The number of hydrogen-bond acceptors (Lipinski definition) is 6. The summed E-state index contributed by atoms with van der Waals surface area (Å²) in [6.07, 6.45) is 2.15. The maximum absolute atomic E-state index is 10.8. The highest BCUT2D eigenvalue weighted by molar-refractivity contribution is 5.77. The van der Waals surface area contributed by atoms with Gasteiger partial charge in [-0.1, -0.05) is 0 Å². The van der Waals surface area contributed by atoms with E-state index in [1.807, 2.05) is 0 Å². The number of hydrogen-bond donors (Lipinski definition) is 1. The average molecular weight is 290 g/mol. The van der Waals surface area contributed by atoms with Crippen molar-refractivity contribution in [2.75, 3.05) is 18.0 Å². The van der Waals surface area contributed by atoms with E-state index < -0.39 is 4.92 Å². The Morgan fingerprint density at radius 1 is 1.52 bits per heavy atom. The van der Waals surface area contributed by atoms with Crippen LogP contribution in [0, 0.1) is 16.0 Å². The largest absolute Gasteiger partial charge is 0.423 e. The Labute approximate surface area is 121 Å². The standard InChI is InChI=1S/C14H18N4O3/c1-9-2-3-10(7-15)8-17(9)14-16-12-5-4-11(18(19)20)6-13(12)21-14/h4-6,9-10H,2-3,7-8,15H2,1H3. The lowest BCUT2D eigenvalue weighted by atomic mass is 9.94. The molecule has 2 atom stereocenters. The van der Waals surface area contributed by atoms with E-state index in [9.17, 15) is 10.1 Å². The average Bonchev–Trinajstić information content (AvgIpc) is 2.90. The van der Waals surface area contributed by atoms with E-state index in [2.05, 4.69) is 16.8 Å². The Kier molecular flexibility index (Phi) is 3.50. The molecule has 0 aliphatic carbocycles. The van der Waals surface area contributed by atoms with E-state index in [0.717, 1.165) is 19.4 Å². The Morgan fingerprint density at radius 3 is 3.05 bits per heavy atom. The van der Waals surface area contributed by atoms with Gasteiger partial charge < -0.3 is 15.1 Å². The van der Waals surface area contributed by atoms with Gasteiger partial charge in [0, 0.05) is 18.7 Å². The number of anilines is 1. The third kappa shape index (κ3) is 2.56. The second kappa shape index (κ2) is 5.33. The van der Waals surface area contributed by atoms with Crippen molar-refractivity contribution in [1.82, 2.24) is 4.98 Å². The van der Waals surface area contributed by atoms with E-state index in [1.54, 1.807) is 6.07 Å². The van der Waals surface area contributed by atoms with Crippen LogP contribution >= 0.6 is 0 Å².